The number of rotatable bonds is 1. The van der Waals surface area contributed by atoms with E-state index in [0.29, 0.717) is 6.42 Å². The van der Waals surface area contributed by atoms with E-state index in [0.717, 1.165) is 22.4 Å². The number of urea groups is 1. The summed E-state index contributed by atoms with van der Waals surface area (Å²) in [7, 11) is 0. The maximum Gasteiger partial charge on any atom is 0.318 e. The Balaban J connectivity index is 1.86. The van der Waals surface area contributed by atoms with Crippen LogP contribution in [0.5, 0.6) is 5.75 Å². The van der Waals surface area contributed by atoms with E-state index in [-0.39, 0.29) is 12.1 Å². The van der Waals surface area contributed by atoms with Gasteiger partial charge in [0.25, 0.3) is 0 Å². The molecule has 2 atom stereocenters. The molecule has 21 heavy (non-hydrogen) atoms. The highest BCUT2D eigenvalue weighted by Crippen LogP contribution is 2.45. The van der Waals surface area contributed by atoms with E-state index in [2.05, 4.69) is 21.7 Å². The number of fused-ring (bicyclic) bond motifs is 4. The van der Waals surface area contributed by atoms with Crippen LogP contribution in [-0.2, 0) is 5.72 Å². The van der Waals surface area contributed by atoms with Crippen molar-refractivity contribution in [3.05, 3.63) is 59.4 Å². The van der Waals surface area contributed by atoms with Gasteiger partial charge in [0.05, 0.1) is 6.04 Å². The van der Waals surface area contributed by atoms with Crippen LogP contribution in [0.1, 0.15) is 29.2 Å². The second kappa shape index (κ2) is 4.22. The van der Waals surface area contributed by atoms with Gasteiger partial charge in [0.15, 0.2) is 0 Å². The predicted octanol–water partition coefficient (Wildman–Crippen LogP) is 2.38. The average molecular weight is 281 g/mol. The van der Waals surface area contributed by atoms with Crippen molar-refractivity contribution in [2.75, 3.05) is 0 Å². The highest BCUT2D eigenvalue weighted by atomic mass is 16.5. The first kappa shape index (κ1) is 12.2. The molecule has 2 unspecified atom stereocenters. The molecule has 3 heterocycles. The number of aryl methyl sites for hydroxylation is 1. The molecule has 0 saturated carbocycles. The van der Waals surface area contributed by atoms with E-state index in [1.807, 2.05) is 31.2 Å². The lowest BCUT2D eigenvalue weighted by molar-refractivity contribution is -0.00950. The van der Waals surface area contributed by atoms with Gasteiger partial charge in [0, 0.05) is 29.9 Å². The van der Waals surface area contributed by atoms with Crippen LogP contribution in [0.15, 0.2) is 42.7 Å². The Bertz CT molecular complexity index is 717. The molecule has 0 radical (unpaired) electrons. The second-order valence-corrected chi connectivity index (χ2v) is 5.57. The maximum absolute atomic E-state index is 12.0. The lowest BCUT2D eigenvalue weighted by Gasteiger charge is -2.46. The molecule has 1 saturated heterocycles. The number of amides is 2. The molecule has 2 N–H and O–H groups in total. The van der Waals surface area contributed by atoms with Crippen LogP contribution in [0.25, 0.3) is 0 Å². The average Bonchev–Trinajstić information content (AvgIpc) is 2.49. The number of ether oxygens (including phenoxy) is 1. The van der Waals surface area contributed by atoms with E-state index in [4.69, 9.17) is 4.74 Å². The van der Waals surface area contributed by atoms with Gasteiger partial charge in [-0.1, -0.05) is 17.7 Å². The molecule has 2 aliphatic rings. The highest BCUT2D eigenvalue weighted by Gasteiger charge is 2.48. The number of hydrogen-bond donors (Lipinski definition) is 2. The SMILES string of the molecule is Cc1ccc2c(c1)C1CC(c3cccnc3)(NC(=O)N1)O2. The van der Waals surface area contributed by atoms with Crippen molar-refractivity contribution in [2.45, 2.75) is 25.1 Å². The number of nitrogens with one attached hydrogen (secondary N) is 2. The molecule has 1 aromatic heterocycles. The lowest BCUT2D eigenvalue weighted by Crippen LogP contribution is -2.62. The molecule has 0 spiro atoms. The molecular formula is C16H15N3O2. The van der Waals surface area contributed by atoms with Gasteiger partial charge in [-0.05, 0) is 25.1 Å². The molecule has 5 nitrogen and oxygen atoms in total. The summed E-state index contributed by atoms with van der Waals surface area (Å²) in [5.74, 6) is 0.799. The summed E-state index contributed by atoms with van der Waals surface area (Å²) in [5.41, 5.74) is 2.20. The number of nitrogens with zero attached hydrogens (tertiary/aromatic N) is 1. The van der Waals surface area contributed by atoms with Crippen LogP contribution in [0.2, 0.25) is 0 Å². The predicted molar refractivity (Wildman–Crippen MR) is 76.7 cm³/mol. The maximum atomic E-state index is 12.0. The zero-order valence-corrected chi connectivity index (χ0v) is 11.6. The Morgan fingerprint density at radius 3 is 3.10 bits per heavy atom. The minimum atomic E-state index is -0.844. The van der Waals surface area contributed by atoms with Crippen LogP contribution in [0.4, 0.5) is 4.79 Å². The van der Waals surface area contributed by atoms with Crippen LogP contribution >= 0.6 is 0 Å². The zero-order valence-electron chi connectivity index (χ0n) is 11.6. The third-order valence-electron chi connectivity index (χ3n) is 4.07. The topological polar surface area (TPSA) is 63.2 Å². The quantitative estimate of drug-likeness (QED) is 0.843. The number of carbonyl (C=O) groups is 1. The molecule has 1 fully saturated rings. The van der Waals surface area contributed by atoms with Gasteiger partial charge in [-0.2, -0.15) is 0 Å². The number of carbonyl (C=O) groups excluding carboxylic acids is 1. The molecule has 5 heteroatoms. The molecule has 0 aliphatic carbocycles. The molecule has 2 bridgehead atoms. The summed E-state index contributed by atoms with van der Waals surface area (Å²) in [6.07, 6.45) is 4.09. The van der Waals surface area contributed by atoms with E-state index in [9.17, 15) is 4.79 Å². The Morgan fingerprint density at radius 1 is 1.38 bits per heavy atom. The first-order chi connectivity index (χ1) is 10.2. The number of aromatic nitrogens is 1. The highest BCUT2D eigenvalue weighted by molar-refractivity contribution is 5.77. The Hall–Kier alpha value is -2.56. The van der Waals surface area contributed by atoms with E-state index < -0.39 is 5.72 Å². The first-order valence-electron chi connectivity index (χ1n) is 6.95. The first-order valence-corrected chi connectivity index (χ1v) is 6.95. The minimum Gasteiger partial charge on any atom is -0.463 e. The number of benzene rings is 1. The fraction of sp³-hybridized carbons (Fsp3) is 0.250. The van der Waals surface area contributed by atoms with Crippen molar-refractivity contribution >= 4 is 6.03 Å². The summed E-state index contributed by atoms with van der Waals surface area (Å²) in [4.78, 5) is 16.2. The van der Waals surface area contributed by atoms with Gasteiger partial charge in [0.2, 0.25) is 5.72 Å². The van der Waals surface area contributed by atoms with Gasteiger partial charge in [-0.15, -0.1) is 0 Å². The lowest BCUT2D eigenvalue weighted by atomic mass is 9.86. The Labute approximate surface area is 122 Å². The summed E-state index contributed by atoms with van der Waals surface area (Å²) >= 11 is 0. The molecule has 2 aliphatic heterocycles. The van der Waals surface area contributed by atoms with Crippen molar-refractivity contribution in [1.82, 2.24) is 15.6 Å². The monoisotopic (exact) mass is 281 g/mol. The van der Waals surface area contributed by atoms with Gasteiger partial charge in [0.1, 0.15) is 5.75 Å². The van der Waals surface area contributed by atoms with Crippen molar-refractivity contribution < 1.29 is 9.53 Å². The summed E-state index contributed by atoms with van der Waals surface area (Å²) in [6.45, 7) is 2.03. The number of hydrogen-bond acceptors (Lipinski definition) is 3. The summed E-state index contributed by atoms with van der Waals surface area (Å²) < 4.78 is 6.19. The standard InChI is InChI=1S/C16H15N3O2/c1-10-4-5-14-12(7-10)13-8-16(21-14,19-15(20)18-13)11-3-2-6-17-9-11/h2-7,9,13H,8H2,1H3,(H2,18,19,20). The molecular weight excluding hydrogens is 266 g/mol. The van der Waals surface area contributed by atoms with Gasteiger partial charge in [-0.3, -0.25) is 10.3 Å². The van der Waals surface area contributed by atoms with E-state index in [1.54, 1.807) is 12.4 Å². The Kier molecular flexibility index (Phi) is 2.45. The zero-order chi connectivity index (χ0) is 14.4. The van der Waals surface area contributed by atoms with E-state index >= 15 is 0 Å². The molecule has 1 aromatic carbocycles. The van der Waals surface area contributed by atoms with Crippen LogP contribution < -0.4 is 15.4 Å². The van der Waals surface area contributed by atoms with Crippen LogP contribution in [0.3, 0.4) is 0 Å². The molecule has 2 aromatic rings. The third-order valence-corrected chi connectivity index (χ3v) is 4.07. The van der Waals surface area contributed by atoms with Crippen LogP contribution in [0, 0.1) is 6.92 Å². The minimum absolute atomic E-state index is 0.0531. The van der Waals surface area contributed by atoms with Crippen LogP contribution in [-0.4, -0.2) is 11.0 Å². The summed E-state index contributed by atoms with van der Waals surface area (Å²) in [5, 5.41) is 5.90. The Morgan fingerprint density at radius 2 is 2.29 bits per heavy atom. The molecule has 106 valence electrons. The number of pyridine rings is 1. The summed E-state index contributed by atoms with van der Waals surface area (Å²) in [6, 6.07) is 9.54. The van der Waals surface area contributed by atoms with Crippen molar-refractivity contribution in [3.8, 4) is 5.75 Å². The molecule has 4 rings (SSSR count). The van der Waals surface area contributed by atoms with Crippen molar-refractivity contribution in [1.29, 1.82) is 0 Å². The van der Waals surface area contributed by atoms with E-state index in [1.165, 1.54) is 0 Å². The van der Waals surface area contributed by atoms with Gasteiger partial charge in [-0.25, -0.2) is 4.79 Å². The largest absolute Gasteiger partial charge is 0.463 e. The van der Waals surface area contributed by atoms with Crippen molar-refractivity contribution in [3.63, 3.8) is 0 Å². The smallest absolute Gasteiger partial charge is 0.318 e. The third kappa shape index (κ3) is 1.85. The normalized spacial score (nSPS) is 26.1. The van der Waals surface area contributed by atoms with Gasteiger partial charge < -0.3 is 10.1 Å². The second-order valence-electron chi connectivity index (χ2n) is 5.57. The fourth-order valence-corrected chi connectivity index (χ4v) is 3.09. The van der Waals surface area contributed by atoms with Gasteiger partial charge >= 0.3 is 6.03 Å². The fourth-order valence-electron chi connectivity index (χ4n) is 3.09. The van der Waals surface area contributed by atoms with Crippen molar-refractivity contribution in [2.24, 2.45) is 0 Å². The molecule has 2 amide bonds.